The Labute approximate surface area is 136 Å². The average molecular weight is 319 g/mol. The summed E-state index contributed by atoms with van der Waals surface area (Å²) in [5, 5.41) is 7.47. The van der Waals surface area contributed by atoms with E-state index in [1.807, 2.05) is 6.92 Å². The van der Waals surface area contributed by atoms with Gasteiger partial charge in [0.2, 0.25) is 5.91 Å². The number of aryl methyl sites for hydroxylation is 2. The molecule has 0 unspecified atom stereocenters. The van der Waals surface area contributed by atoms with Crippen molar-refractivity contribution in [2.45, 2.75) is 70.6 Å². The van der Waals surface area contributed by atoms with Gasteiger partial charge in [-0.05, 0) is 51.0 Å². The lowest BCUT2D eigenvalue weighted by Crippen LogP contribution is -2.43. The van der Waals surface area contributed by atoms with Crippen molar-refractivity contribution in [1.29, 1.82) is 0 Å². The molecule has 126 valence electrons. The van der Waals surface area contributed by atoms with E-state index in [0.717, 1.165) is 49.8 Å². The Morgan fingerprint density at radius 3 is 3.00 bits per heavy atom. The predicted molar refractivity (Wildman–Crippen MR) is 86.3 cm³/mol. The number of nitrogens with one attached hydrogen (secondary N) is 1. The van der Waals surface area contributed by atoms with Crippen molar-refractivity contribution in [3.8, 4) is 0 Å². The maximum Gasteiger partial charge on any atom is 0.267 e. The molecular weight excluding hydrogens is 294 g/mol. The molecule has 0 radical (unpaired) electrons. The molecule has 0 spiro atoms. The molecule has 0 aromatic carbocycles. The van der Waals surface area contributed by atoms with Gasteiger partial charge >= 0.3 is 0 Å². The first-order valence-electron chi connectivity index (χ1n) is 8.65. The number of carbonyl (C=O) groups excluding carboxylic acids is 1. The van der Waals surface area contributed by atoms with Crippen molar-refractivity contribution < 1.29 is 9.53 Å². The highest BCUT2D eigenvalue weighted by Gasteiger charge is 2.24. The fourth-order valence-corrected chi connectivity index (χ4v) is 3.33. The Balaban J connectivity index is 1.66. The third-order valence-corrected chi connectivity index (χ3v) is 4.58. The zero-order chi connectivity index (χ0) is 16.2. The SMILES string of the molecule is C[C@H](Cn1nc2c(cc1=O)CCCCC2)NC(=O)[C@H]1CCCO1. The highest BCUT2D eigenvalue weighted by Crippen LogP contribution is 2.17. The van der Waals surface area contributed by atoms with Gasteiger partial charge in [-0.15, -0.1) is 0 Å². The van der Waals surface area contributed by atoms with Crippen LogP contribution in [0, 0.1) is 0 Å². The number of hydrogen-bond donors (Lipinski definition) is 1. The molecule has 1 aromatic heterocycles. The molecule has 2 aliphatic rings. The van der Waals surface area contributed by atoms with Crippen molar-refractivity contribution in [1.82, 2.24) is 15.1 Å². The van der Waals surface area contributed by atoms with E-state index in [-0.39, 0.29) is 23.6 Å². The summed E-state index contributed by atoms with van der Waals surface area (Å²) in [6, 6.07) is 1.57. The van der Waals surface area contributed by atoms with Crippen LogP contribution < -0.4 is 10.9 Å². The third-order valence-electron chi connectivity index (χ3n) is 4.58. The lowest BCUT2D eigenvalue weighted by Gasteiger charge is -2.18. The van der Waals surface area contributed by atoms with Crippen LogP contribution in [0.1, 0.15) is 50.3 Å². The van der Waals surface area contributed by atoms with E-state index in [2.05, 4.69) is 10.4 Å². The van der Waals surface area contributed by atoms with Gasteiger partial charge in [0.25, 0.3) is 5.56 Å². The number of hydrogen-bond acceptors (Lipinski definition) is 4. The van der Waals surface area contributed by atoms with Gasteiger partial charge in [0.05, 0.1) is 12.2 Å². The number of nitrogens with zero attached hydrogens (tertiary/aromatic N) is 2. The Morgan fingerprint density at radius 1 is 1.39 bits per heavy atom. The zero-order valence-corrected chi connectivity index (χ0v) is 13.7. The van der Waals surface area contributed by atoms with Crippen LogP contribution >= 0.6 is 0 Å². The number of ether oxygens (including phenoxy) is 1. The van der Waals surface area contributed by atoms with Crippen molar-refractivity contribution in [3.63, 3.8) is 0 Å². The van der Waals surface area contributed by atoms with Crippen LogP contribution in [-0.2, 0) is 28.9 Å². The predicted octanol–water partition coefficient (Wildman–Crippen LogP) is 1.20. The van der Waals surface area contributed by atoms with E-state index in [4.69, 9.17) is 4.74 Å². The molecule has 1 amide bonds. The molecule has 2 heterocycles. The summed E-state index contributed by atoms with van der Waals surface area (Å²) in [6.45, 7) is 2.94. The molecule has 0 bridgehead atoms. The quantitative estimate of drug-likeness (QED) is 0.846. The number of amides is 1. The molecule has 6 heteroatoms. The highest BCUT2D eigenvalue weighted by molar-refractivity contribution is 5.81. The molecule has 1 aliphatic carbocycles. The van der Waals surface area contributed by atoms with Crippen molar-refractivity contribution in [2.75, 3.05) is 6.61 Å². The Morgan fingerprint density at radius 2 is 2.22 bits per heavy atom. The van der Waals surface area contributed by atoms with Crippen LogP contribution in [0.5, 0.6) is 0 Å². The fraction of sp³-hybridized carbons (Fsp3) is 0.706. The molecule has 23 heavy (non-hydrogen) atoms. The van der Waals surface area contributed by atoms with Gasteiger partial charge in [-0.3, -0.25) is 9.59 Å². The summed E-state index contributed by atoms with van der Waals surface area (Å²) in [6.07, 6.45) is 6.70. The van der Waals surface area contributed by atoms with Gasteiger partial charge in [-0.25, -0.2) is 4.68 Å². The van der Waals surface area contributed by atoms with Crippen molar-refractivity contribution in [3.05, 3.63) is 27.7 Å². The largest absolute Gasteiger partial charge is 0.368 e. The average Bonchev–Trinajstić information content (AvgIpc) is 2.96. The summed E-state index contributed by atoms with van der Waals surface area (Å²) in [4.78, 5) is 24.3. The summed E-state index contributed by atoms with van der Waals surface area (Å²) < 4.78 is 6.87. The van der Waals surface area contributed by atoms with Crippen LogP contribution in [0.2, 0.25) is 0 Å². The number of aromatic nitrogens is 2. The second kappa shape index (κ2) is 7.25. The van der Waals surface area contributed by atoms with Crippen LogP contribution in [0.15, 0.2) is 10.9 Å². The summed E-state index contributed by atoms with van der Waals surface area (Å²) in [5.74, 6) is -0.0854. The van der Waals surface area contributed by atoms with Gasteiger partial charge in [-0.2, -0.15) is 5.10 Å². The summed E-state index contributed by atoms with van der Waals surface area (Å²) >= 11 is 0. The van der Waals surface area contributed by atoms with E-state index in [1.165, 1.54) is 11.1 Å². The van der Waals surface area contributed by atoms with Gasteiger partial charge in [0, 0.05) is 18.7 Å². The maximum absolute atomic E-state index is 12.2. The normalized spacial score (nSPS) is 22.2. The zero-order valence-electron chi connectivity index (χ0n) is 13.7. The lowest BCUT2D eigenvalue weighted by molar-refractivity contribution is -0.130. The fourth-order valence-electron chi connectivity index (χ4n) is 3.33. The van der Waals surface area contributed by atoms with E-state index < -0.39 is 0 Å². The van der Waals surface area contributed by atoms with Crippen molar-refractivity contribution in [2.24, 2.45) is 0 Å². The minimum Gasteiger partial charge on any atom is -0.368 e. The number of fused-ring (bicyclic) bond motifs is 1. The topological polar surface area (TPSA) is 73.2 Å². The lowest BCUT2D eigenvalue weighted by atomic mass is 10.1. The van der Waals surface area contributed by atoms with E-state index in [0.29, 0.717) is 13.2 Å². The standard InChI is InChI=1S/C17H25N3O3/c1-12(18-17(22)15-8-5-9-23-15)11-20-16(21)10-13-6-3-2-4-7-14(13)19-20/h10,12,15H,2-9,11H2,1H3,(H,18,22)/t12-,15-/m1/s1. The number of rotatable bonds is 4. The minimum absolute atomic E-state index is 0.0798. The molecule has 1 aromatic rings. The molecule has 2 atom stereocenters. The van der Waals surface area contributed by atoms with E-state index in [9.17, 15) is 9.59 Å². The molecule has 1 saturated heterocycles. The monoisotopic (exact) mass is 319 g/mol. The minimum atomic E-state index is -0.339. The van der Waals surface area contributed by atoms with E-state index in [1.54, 1.807) is 6.07 Å². The van der Waals surface area contributed by atoms with Gasteiger partial charge < -0.3 is 10.1 Å². The van der Waals surface area contributed by atoms with Crippen molar-refractivity contribution >= 4 is 5.91 Å². The first-order chi connectivity index (χ1) is 11.1. The molecule has 0 saturated carbocycles. The van der Waals surface area contributed by atoms with Gasteiger partial charge in [-0.1, -0.05) is 6.42 Å². The smallest absolute Gasteiger partial charge is 0.267 e. The second-order valence-electron chi connectivity index (χ2n) is 6.61. The molecule has 6 nitrogen and oxygen atoms in total. The molecule has 1 fully saturated rings. The van der Waals surface area contributed by atoms with Crippen LogP contribution in [0.3, 0.4) is 0 Å². The van der Waals surface area contributed by atoms with Gasteiger partial charge in [0.1, 0.15) is 6.10 Å². The van der Waals surface area contributed by atoms with Crippen LogP contribution in [0.25, 0.3) is 0 Å². The Hall–Kier alpha value is -1.69. The second-order valence-corrected chi connectivity index (χ2v) is 6.61. The third kappa shape index (κ3) is 3.99. The maximum atomic E-state index is 12.2. The molecule has 1 N–H and O–H groups in total. The Kier molecular flexibility index (Phi) is 5.10. The first-order valence-corrected chi connectivity index (χ1v) is 8.65. The van der Waals surface area contributed by atoms with Gasteiger partial charge in [0.15, 0.2) is 0 Å². The van der Waals surface area contributed by atoms with Crippen LogP contribution in [0.4, 0.5) is 0 Å². The molecule has 1 aliphatic heterocycles. The Bertz CT molecular complexity index is 620. The number of carbonyl (C=O) groups is 1. The molecular formula is C17H25N3O3. The van der Waals surface area contributed by atoms with Crippen LogP contribution in [-0.4, -0.2) is 34.4 Å². The highest BCUT2D eigenvalue weighted by atomic mass is 16.5. The summed E-state index contributed by atoms with van der Waals surface area (Å²) in [5.41, 5.74) is 2.06. The first kappa shape index (κ1) is 16.2. The molecule has 3 rings (SSSR count). The summed E-state index contributed by atoms with van der Waals surface area (Å²) in [7, 11) is 0. The van der Waals surface area contributed by atoms with E-state index >= 15 is 0 Å².